The number of fused-ring (bicyclic) bond motifs is 1. The van der Waals surface area contributed by atoms with Crippen LogP contribution in [0.3, 0.4) is 0 Å². The Hall–Kier alpha value is -1.97. The Morgan fingerprint density at radius 3 is 2.50 bits per heavy atom. The zero-order valence-corrected chi connectivity index (χ0v) is 8.97. The van der Waals surface area contributed by atoms with E-state index in [1.165, 1.54) is 0 Å². The van der Waals surface area contributed by atoms with Crippen LogP contribution < -0.4 is 0 Å². The maximum Gasteiger partial charge on any atom is 0.303 e. The minimum Gasteiger partial charge on any atom is -0.481 e. The van der Waals surface area contributed by atoms with Crippen LogP contribution in [-0.4, -0.2) is 21.0 Å². The number of rotatable bonds is 3. The van der Waals surface area contributed by atoms with Gasteiger partial charge < -0.3 is 5.11 Å². The third-order valence-electron chi connectivity index (χ3n) is 2.42. The molecule has 0 aliphatic carbocycles. The maximum absolute atomic E-state index is 10.5. The van der Waals surface area contributed by atoms with Gasteiger partial charge >= 0.3 is 5.97 Å². The van der Waals surface area contributed by atoms with Crippen molar-refractivity contribution >= 4 is 17.0 Å². The van der Waals surface area contributed by atoms with E-state index in [9.17, 15) is 4.79 Å². The summed E-state index contributed by atoms with van der Waals surface area (Å²) in [5.74, 6) is -0.811. The van der Waals surface area contributed by atoms with E-state index < -0.39 is 5.97 Å². The molecule has 1 heterocycles. The van der Waals surface area contributed by atoms with Crippen LogP contribution in [0.15, 0.2) is 24.3 Å². The molecule has 0 fully saturated rings. The summed E-state index contributed by atoms with van der Waals surface area (Å²) >= 11 is 0. The van der Waals surface area contributed by atoms with Crippen molar-refractivity contribution in [2.45, 2.75) is 19.8 Å². The van der Waals surface area contributed by atoms with Crippen molar-refractivity contribution in [2.24, 2.45) is 0 Å². The average molecular weight is 216 g/mol. The fraction of sp³-hybridized carbons (Fsp3) is 0.250. The zero-order valence-electron chi connectivity index (χ0n) is 8.97. The van der Waals surface area contributed by atoms with Gasteiger partial charge in [-0.05, 0) is 19.1 Å². The highest BCUT2D eigenvalue weighted by Crippen LogP contribution is 2.13. The number of aliphatic carboxylic acids is 1. The molecule has 4 nitrogen and oxygen atoms in total. The van der Waals surface area contributed by atoms with E-state index in [-0.39, 0.29) is 6.42 Å². The van der Waals surface area contributed by atoms with Gasteiger partial charge in [-0.3, -0.25) is 4.79 Å². The summed E-state index contributed by atoms with van der Waals surface area (Å²) in [6.45, 7) is 1.86. The van der Waals surface area contributed by atoms with Crippen LogP contribution >= 0.6 is 0 Å². The van der Waals surface area contributed by atoms with E-state index in [0.29, 0.717) is 6.42 Å². The van der Waals surface area contributed by atoms with Crippen LogP contribution in [0, 0.1) is 6.92 Å². The molecule has 2 aromatic rings. The number of carboxylic acids is 1. The highest BCUT2D eigenvalue weighted by Gasteiger charge is 2.06. The molecule has 0 aliphatic rings. The monoisotopic (exact) mass is 216 g/mol. The van der Waals surface area contributed by atoms with Gasteiger partial charge in [0.1, 0.15) is 0 Å². The first-order valence-electron chi connectivity index (χ1n) is 5.11. The minimum absolute atomic E-state index is 0.0911. The number of aryl methyl sites for hydroxylation is 2. The molecule has 1 aromatic carbocycles. The van der Waals surface area contributed by atoms with E-state index >= 15 is 0 Å². The highest BCUT2D eigenvalue weighted by atomic mass is 16.4. The van der Waals surface area contributed by atoms with Gasteiger partial charge in [0.25, 0.3) is 0 Å². The van der Waals surface area contributed by atoms with Crippen molar-refractivity contribution in [1.82, 2.24) is 9.97 Å². The molecular weight excluding hydrogens is 204 g/mol. The molecule has 2 rings (SSSR count). The third kappa shape index (κ3) is 2.16. The van der Waals surface area contributed by atoms with Gasteiger partial charge in [-0.25, -0.2) is 9.97 Å². The van der Waals surface area contributed by atoms with Crippen LogP contribution in [0.1, 0.15) is 17.8 Å². The quantitative estimate of drug-likeness (QED) is 0.851. The van der Waals surface area contributed by atoms with E-state index in [1.54, 1.807) is 0 Å². The second-order valence-electron chi connectivity index (χ2n) is 3.64. The predicted octanol–water partition coefficient (Wildman–Crippen LogP) is 1.96. The van der Waals surface area contributed by atoms with Gasteiger partial charge in [-0.1, -0.05) is 12.1 Å². The normalized spacial score (nSPS) is 10.6. The van der Waals surface area contributed by atoms with Crippen molar-refractivity contribution in [3.63, 3.8) is 0 Å². The van der Waals surface area contributed by atoms with Gasteiger partial charge in [0.15, 0.2) is 0 Å². The second-order valence-corrected chi connectivity index (χ2v) is 3.64. The summed E-state index contributed by atoms with van der Waals surface area (Å²) in [5.41, 5.74) is 3.23. The molecule has 0 saturated carbocycles. The second kappa shape index (κ2) is 4.26. The largest absolute Gasteiger partial charge is 0.481 e. The van der Waals surface area contributed by atoms with Crippen molar-refractivity contribution in [1.29, 1.82) is 0 Å². The molecule has 0 bridgehead atoms. The summed E-state index contributed by atoms with van der Waals surface area (Å²) in [6.07, 6.45) is 0.521. The molecule has 0 spiro atoms. The number of carbonyl (C=O) groups is 1. The van der Waals surface area contributed by atoms with Gasteiger partial charge in [0.05, 0.1) is 28.8 Å². The standard InChI is InChI=1S/C12H12N2O2/c1-8-9(6-7-12(15)16)14-11-5-3-2-4-10(11)13-8/h2-5H,6-7H2,1H3,(H,15,16). The molecule has 0 amide bonds. The Kier molecular flexibility index (Phi) is 2.81. The molecule has 0 saturated heterocycles. The number of hydrogen-bond acceptors (Lipinski definition) is 3. The molecule has 1 aromatic heterocycles. The van der Waals surface area contributed by atoms with Crippen LogP contribution in [0.4, 0.5) is 0 Å². The topological polar surface area (TPSA) is 63.1 Å². The van der Waals surface area contributed by atoms with Crippen molar-refractivity contribution in [3.05, 3.63) is 35.7 Å². The van der Waals surface area contributed by atoms with Gasteiger partial charge in [-0.2, -0.15) is 0 Å². The van der Waals surface area contributed by atoms with Gasteiger partial charge in [0, 0.05) is 6.42 Å². The summed E-state index contributed by atoms with van der Waals surface area (Å²) < 4.78 is 0. The average Bonchev–Trinajstić information content (AvgIpc) is 2.26. The van der Waals surface area contributed by atoms with Gasteiger partial charge in [0.2, 0.25) is 0 Å². The molecule has 0 aliphatic heterocycles. The zero-order chi connectivity index (χ0) is 11.5. The molecule has 0 unspecified atom stereocenters. The van der Waals surface area contributed by atoms with Crippen molar-refractivity contribution < 1.29 is 9.90 Å². The third-order valence-corrected chi connectivity index (χ3v) is 2.42. The van der Waals surface area contributed by atoms with E-state index in [2.05, 4.69) is 9.97 Å². The molecule has 0 radical (unpaired) electrons. The van der Waals surface area contributed by atoms with E-state index in [1.807, 2.05) is 31.2 Å². The molecular formula is C12H12N2O2. The first-order valence-corrected chi connectivity index (χ1v) is 5.11. The Balaban J connectivity index is 2.38. The lowest BCUT2D eigenvalue weighted by Gasteiger charge is -2.04. The Morgan fingerprint density at radius 1 is 1.25 bits per heavy atom. The molecule has 16 heavy (non-hydrogen) atoms. The predicted molar refractivity (Wildman–Crippen MR) is 60.2 cm³/mol. The number of carboxylic acid groups (broad SMARTS) is 1. The van der Waals surface area contributed by atoms with Crippen LogP contribution in [0.5, 0.6) is 0 Å². The van der Waals surface area contributed by atoms with Crippen LogP contribution in [0.2, 0.25) is 0 Å². The van der Waals surface area contributed by atoms with E-state index in [4.69, 9.17) is 5.11 Å². The highest BCUT2D eigenvalue weighted by molar-refractivity contribution is 5.74. The molecule has 4 heteroatoms. The van der Waals surface area contributed by atoms with Crippen LogP contribution in [-0.2, 0) is 11.2 Å². The summed E-state index contributed by atoms with van der Waals surface area (Å²) in [6, 6.07) is 7.59. The van der Waals surface area contributed by atoms with Crippen molar-refractivity contribution in [3.8, 4) is 0 Å². The molecule has 82 valence electrons. The Labute approximate surface area is 93.0 Å². The fourth-order valence-electron chi connectivity index (χ4n) is 1.59. The molecule has 1 N–H and O–H groups in total. The lowest BCUT2D eigenvalue weighted by molar-refractivity contribution is -0.136. The van der Waals surface area contributed by atoms with Gasteiger partial charge in [-0.15, -0.1) is 0 Å². The lowest BCUT2D eigenvalue weighted by Crippen LogP contribution is -2.03. The van der Waals surface area contributed by atoms with E-state index in [0.717, 1.165) is 22.4 Å². The summed E-state index contributed by atoms with van der Waals surface area (Å²) in [5, 5.41) is 8.63. The minimum atomic E-state index is -0.811. The summed E-state index contributed by atoms with van der Waals surface area (Å²) in [7, 11) is 0. The molecule has 0 atom stereocenters. The van der Waals surface area contributed by atoms with Crippen LogP contribution in [0.25, 0.3) is 11.0 Å². The smallest absolute Gasteiger partial charge is 0.303 e. The summed E-state index contributed by atoms with van der Waals surface area (Å²) in [4.78, 5) is 19.3. The maximum atomic E-state index is 10.5. The number of nitrogens with zero attached hydrogens (tertiary/aromatic N) is 2. The SMILES string of the molecule is Cc1nc2ccccc2nc1CCC(=O)O. The number of benzene rings is 1. The Bertz CT molecular complexity index is 538. The van der Waals surface area contributed by atoms with Crippen molar-refractivity contribution in [2.75, 3.05) is 0 Å². The first kappa shape index (κ1) is 10.5. The first-order chi connectivity index (χ1) is 7.66. The Morgan fingerprint density at radius 2 is 1.88 bits per heavy atom. The fourth-order valence-corrected chi connectivity index (χ4v) is 1.59. The lowest BCUT2D eigenvalue weighted by atomic mass is 10.2. The number of aromatic nitrogens is 2. The number of para-hydroxylation sites is 2. The number of hydrogen-bond donors (Lipinski definition) is 1.